The minimum Gasteiger partial charge on any atom is -0.486 e. The molecule has 186 valence electrons. The van der Waals surface area contributed by atoms with E-state index in [1.807, 2.05) is 18.2 Å². The van der Waals surface area contributed by atoms with Crippen molar-refractivity contribution in [2.75, 3.05) is 37.7 Å². The molecule has 0 saturated carbocycles. The van der Waals surface area contributed by atoms with Gasteiger partial charge in [0.25, 0.3) is 5.56 Å². The first kappa shape index (κ1) is 22.5. The Hall–Kier alpha value is -3.95. The Balaban J connectivity index is 1.14. The highest BCUT2D eigenvalue weighted by Crippen LogP contribution is 2.44. The summed E-state index contributed by atoms with van der Waals surface area (Å²) < 4.78 is 26.3. The summed E-state index contributed by atoms with van der Waals surface area (Å²) in [4.78, 5) is 46.0. The molecule has 2 aromatic heterocycles. The number of fused-ring (bicyclic) bond motifs is 2. The van der Waals surface area contributed by atoms with E-state index in [0.717, 1.165) is 11.9 Å². The Morgan fingerprint density at radius 2 is 1.81 bits per heavy atom. The number of likely N-dealkylation sites (tertiary alicyclic amines) is 1. The van der Waals surface area contributed by atoms with Gasteiger partial charge in [-0.1, -0.05) is 0 Å². The van der Waals surface area contributed by atoms with Gasteiger partial charge in [-0.3, -0.25) is 23.9 Å². The largest absolute Gasteiger partial charge is 0.486 e. The standard InChI is InChI=1S/C26H25FN4O5/c27-17-11-20-19(28-14-17)2-4-23(32)30(20)15-25(34)29-7-5-26(6-8-29)13-24(33)31(16-26)18-1-3-21-22(12-18)36-10-9-35-21/h1-4,11-12,14H,5-10,13,15-16H2. The molecule has 3 aliphatic heterocycles. The number of hydrogen-bond donors (Lipinski definition) is 0. The van der Waals surface area contributed by atoms with Crippen LogP contribution in [-0.4, -0.2) is 59.1 Å². The predicted octanol–water partition coefficient (Wildman–Crippen LogP) is 2.35. The van der Waals surface area contributed by atoms with E-state index >= 15 is 0 Å². The van der Waals surface area contributed by atoms with Crippen LogP contribution in [-0.2, 0) is 16.1 Å². The van der Waals surface area contributed by atoms with Gasteiger partial charge in [0.2, 0.25) is 11.8 Å². The number of piperidine rings is 1. The number of carbonyl (C=O) groups excluding carboxylic acids is 2. The lowest BCUT2D eigenvalue weighted by Crippen LogP contribution is -2.46. The maximum absolute atomic E-state index is 13.8. The van der Waals surface area contributed by atoms with E-state index < -0.39 is 5.82 Å². The van der Waals surface area contributed by atoms with E-state index in [1.165, 1.54) is 22.8 Å². The second-order valence-corrected chi connectivity index (χ2v) is 9.68. The SMILES string of the molecule is O=C(Cn1c(=O)ccc2ncc(F)cc21)N1CCC2(CC1)CC(=O)N(c1ccc3c(c1)OCCO3)C2. The molecule has 0 aliphatic carbocycles. The average molecular weight is 493 g/mol. The molecule has 3 aliphatic rings. The quantitative estimate of drug-likeness (QED) is 0.557. The van der Waals surface area contributed by atoms with Crippen LogP contribution < -0.4 is 19.9 Å². The van der Waals surface area contributed by atoms with Crippen molar-refractivity contribution >= 4 is 28.5 Å². The Bertz CT molecular complexity index is 1430. The summed E-state index contributed by atoms with van der Waals surface area (Å²) in [6.07, 6.45) is 2.88. The molecule has 0 atom stereocenters. The smallest absolute Gasteiger partial charge is 0.251 e. The lowest BCUT2D eigenvalue weighted by molar-refractivity contribution is -0.134. The lowest BCUT2D eigenvalue weighted by atomic mass is 9.77. The Morgan fingerprint density at radius 1 is 1.03 bits per heavy atom. The van der Waals surface area contributed by atoms with E-state index in [2.05, 4.69) is 4.98 Å². The Morgan fingerprint density at radius 3 is 2.61 bits per heavy atom. The van der Waals surface area contributed by atoms with Crippen molar-refractivity contribution in [1.82, 2.24) is 14.5 Å². The zero-order valence-electron chi connectivity index (χ0n) is 19.6. The number of anilines is 1. The number of amides is 2. The number of nitrogens with zero attached hydrogens (tertiary/aromatic N) is 4. The van der Waals surface area contributed by atoms with Crippen molar-refractivity contribution in [3.8, 4) is 11.5 Å². The number of rotatable bonds is 3. The van der Waals surface area contributed by atoms with Gasteiger partial charge in [0.05, 0.1) is 17.2 Å². The molecular formula is C26H25FN4O5. The molecule has 0 radical (unpaired) electrons. The number of ether oxygens (including phenoxy) is 2. The first-order valence-corrected chi connectivity index (χ1v) is 12.0. The van der Waals surface area contributed by atoms with Gasteiger partial charge in [-0.25, -0.2) is 4.39 Å². The monoisotopic (exact) mass is 492 g/mol. The fourth-order valence-electron chi connectivity index (χ4n) is 5.44. The second kappa shape index (κ2) is 8.61. The van der Waals surface area contributed by atoms with E-state index in [4.69, 9.17) is 9.47 Å². The summed E-state index contributed by atoms with van der Waals surface area (Å²) in [5.41, 5.74) is 0.944. The fourth-order valence-corrected chi connectivity index (χ4v) is 5.44. The second-order valence-electron chi connectivity index (χ2n) is 9.68. The first-order chi connectivity index (χ1) is 17.4. The molecule has 3 aromatic rings. The molecule has 6 rings (SSSR count). The Kier molecular flexibility index (Phi) is 5.39. The first-order valence-electron chi connectivity index (χ1n) is 12.0. The minimum atomic E-state index is -0.567. The predicted molar refractivity (Wildman–Crippen MR) is 129 cm³/mol. The van der Waals surface area contributed by atoms with Gasteiger partial charge in [-0.05, 0) is 31.0 Å². The van der Waals surface area contributed by atoms with Crippen LogP contribution in [0.2, 0.25) is 0 Å². The van der Waals surface area contributed by atoms with Crippen molar-refractivity contribution < 1.29 is 23.5 Å². The molecule has 36 heavy (non-hydrogen) atoms. The number of benzene rings is 1. The average Bonchev–Trinajstić information content (AvgIpc) is 3.21. The molecule has 0 bridgehead atoms. The molecule has 9 nitrogen and oxygen atoms in total. The third-order valence-corrected chi connectivity index (χ3v) is 7.43. The van der Waals surface area contributed by atoms with E-state index in [-0.39, 0.29) is 29.3 Å². The highest BCUT2D eigenvalue weighted by atomic mass is 19.1. The molecule has 2 amide bonds. The van der Waals surface area contributed by atoms with Gasteiger partial charge in [0.1, 0.15) is 25.6 Å². The number of pyridine rings is 2. The molecule has 10 heteroatoms. The molecule has 2 saturated heterocycles. The lowest BCUT2D eigenvalue weighted by Gasteiger charge is -2.39. The summed E-state index contributed by atoms with van der Waals surface area (Å²) in [6.45, 7) is 2.38. The normalized spacial score (nSPS) is 18.8. The van der Waals surface area contributed by atoms with Gasteiger partial charge in [0.15, 0.2) is 11.5 Å². The van der Waals surface area contributed by atoms with Gasteiger partial charge in [-0.15, -0.1) is 0 Å². The number of carbonyl (C=O) groups is 2. The van der Waals surface area contributed by atoms with Gasteiger partial charge in [0, 0.05) is 55.4 Å². The summed E-state index contributed by atoms with van der Waals surface area (Å²) in [7, 11) is 0. The molecule has 0 unspecified atom stereocenters. The zero-order chi connectivity index (χ0) is 24.9. The summed E-state index contributed by atoms with van der Waals surface area (Å²) in [5, 5.41) is 0. The highest BCUT2D eigenvalue weighted by Gasteiger charge is 2.46. The van der Waals surface area contributed by atoms with Crippen LogP contribution >= 0.6 is 0 Å². The van der Waals surface area contributed by atoms with Crippen LogP contribution in [0, 0.1) is 11.2 Å². The van der Waals surface area contributed by atoms with Gasteiger partial charge < -0.3 is 19.3 Å². The molecule has 5 heterocycles. The van der Waals surface area contributed by atoms with Crippen LogP contribution in [0.3, 0.4) is 0 Å². The van der Waals surface area contributed by atoms with Gasteiger partial charge in [-0.2, -0.15) is 0 Å². The molecule has 1 spiro atoms. The van der Waals surface area contributed by atoms with E-state index in [9.17, 15) is 18.8 Å². The molecular weight excluding hydrogens is 467 g/mol. The summed E-state index contributed by atoms with van der Waals surface area (Å²) in [6, 6.07) is 9.64. The third kappa shape index (κ3) is 3.96. The summed E-state index contributed by atoms with van der Waals surface area (Å²) in [5.74, 6) is 0.608. The van der Waals surface area contributed by atoms with Crippen LogP contribution in [0.15, 0.2) is 47.4 Å². The van der Waals surface area contributed by atoms with Crippen molar-refractivity contribution in [3.05, 3.63) is 58.8 Å². The number of hydrogen-bond acceptors (Lipinski definition) is 6. The van der Waals surface area contributed by atoms with Crippen molar-refractivity contribution in [1.29, 1.82) is 0 Å². The number of halogens is 1. The maximum atomic E-state index is 13.8. The zero-order valence-corrected chi connectivity index (χ0v) is 19.6. The maximum Gasteiger partial charge on any atom is 0.251 e. The van der Waals surface area contributed by atoms with Crippen LogP contribution in [0.4, 0.5) is 10.1 Å². The van der Waals surface area contributed by atoms with Gasteiger partial charge >= 0.3 is 0 Å². The third-order valence-electron chi connectivity index (χ3n) is 7.43. The van der Waals surface area contributed by atoms with Crippen LogP contribution in [0.5, 0.6) is 11.5 Å². The molecule has 2 fully saturated rings. The highest BCUT2D eigenvalue weighted by molar-refractivity contribution is 5.96. The molecule has 0 N–H and O–H groups in total. The van der Waals surface area contributed by atoms with Crippen molar-refractivity contribution in [2.24, 2.45) is 5.41 Å². The number of aromatic nitrogens is 2. The van der Waals surface area contributed by atoms with Crippen molar-refractivity contribution in [2.45, 2.75) is 25.8 Å². The molecule has 1 aromatic carbocycles. The summed E-state index contributed by atoms with van der Waals surface area (Å²) >= 11 is 0. The minimum absolute atomic E-state index is 0.0586. The van der Waals surface area contributed by atoms with Crippen molar-refractivity contribution in [3.63, 3.8) is 0 Å². The van der Waals surface area contributed by atoms with Crippen LogP contribution in [0.1, 0.15) is 19.3 Å². The fraction of sp³-hybridized carbons (Fsp3) is 0.385. The topological polar surface area (TPSA) is 94.0 Å². The van der Waals surface area contributed by atoms with Crippen LogP contribution in [0.25, 0.3) is 11.0 Å². The van der Waals surface area contributed by atoms with E-state index in [0.29, 0.717) is 74.6 Å². The Labute approximate surface area is 206 Å². The van der Waals surface area contributed by atoms with E-state index in [1.54, 1.807) is 9.80 Å².